The molecule has 1 saturated heterocycles. The van der Waals surface area contributed by atoms with Gasteiger partial charge in [-0.15, -0.1) is 24.0 Å². The van der Waals surface area contributed by atoms with Crippen molar-refractivity contribution in [2.75, 3.05) is 27.2 Å². The minimum absolute atomic E-state index is 0. The maximum absolute atomic E-state index is 11.8. The second-order valence-electron chi connectivity index (χ2n) is 5.95. The fraction of sp³-hybridized carbons (Fsp3) is 0.556. The maximum Gasteiger partial charge on any atom is 0.222 e. The van der Waals surface area contributed by atoms with Gasteiger partial charge in [0.25, 0.3) is 0 Å². The Balaban J connectivity index is 0.00000312. The Labute approximate surface area is 167 Å². The van der Waals surface area contributed by atoms with E-state index in [9.17, 15) is 4.79 Å². The molecule has 0 bridgehead atoms. The summed E-state index contributed by atoms with van der Waals surface area (Å²) in [5.41, 5.74) is 2.36. The summed E-state index contributed by atoms with van der Waals surface area (Å²) in [6.45, 7) is 4.75. The number of hydrogen-bond donors (Lipinski definition) is 2. The molecule has 0 saturated carbocycles. The van der Waals surface area contributed by atoms with Crippen molar-refractivity contribution < 1.29 is 9.53 Å². The van der Waals surface area contributed by atoms with Crippen LogP contribution in [0.15, 0.2) is 29.3 Å². The Morgan fingerprint density at radius 1 is 1.36 bits per heavy atom. The lowest BCUT2D eigenvalue weighted by Gasteiger charge is -2.19. The number of rotatable bonds is 6. The molecule has 7 heteroatoms. The Morgan fingerprint density at radius 3 is 2.72 bits per heavy atom. The fourth-order valence-corrected chi connectivity index (χ4v) is 2.92. The largest absolute Gasteiger partial charge is 0.380 e. The quantitative estimate of drug-likeness (QED) is 0.388. The average molecular weight is 460 g/mol. The number of likely N-dealkylation sites (tertiary alicyclic amines) is 1. The van der Waals surface area contributed by atoms with Crippen molar-refractivity contribution in [3.8, 4) is 0 Å². The van der Waals surface area contributed by atoms with Crippen LogP contribution < -0.4 is 10.6 Å². The molecule has 0 spiro atoms. The van der Waals surface area contributed by atoms with E-state index in [0.717, 1.165) is 25.5 Å². The summed E-state index contributed by atoms with van der Waals surface area (Å²) in [4.78, 5) is 18.0. The van der Waals surface area contributed by atoms with Crippen molar-refractivity contribution in [3.05, 3.63) is 35.4 Å². The number of methoxy groups -OCH3 is 1. The summed E-state index contributed by atoms with van der Waals surface area (Å²) < 4.78 is 5.24. The van der Waals surface area contributed by atoms with Gasteiger partial charge < -0.3 is 20.3 Å². The van der Waals surface area contributed by atoms with Crippen molar-refractivity contribution in [1.82, 2.24) is 15.5 Å². The van der Waals surface area contributed by atoms with Crippen LogP contribution in [-0.2, 0) is 22.7 Å². The molecule has 0 aliphatic carbocycles. The number of guanidine groups is 1. The molecule has 1 amide bonds. The first-order valence-electron chi connectivity index (χ1n) is 8.48. The summed E-state index contributed by atoms with van der Waals surface area (Å²) in [6, 6.07) is 8.45. The maximum atomic E-state index is 11.8. The number of benzene rings is 1. The van der Waals surface area contributed by atoms with E-state index in [0.29, 0.717) is 19.6 Å². The Kier molecular flexibility index (Phi) is 9.81. The molecule has 1 heterocycles. The number of amides is 1. The van der Waals surface area contributed by atoms with Crippen LogP contribution in [0.3, 0.4) is 0 Å². The fourth-order valence-electron chi connectivity index (χ4n) is 2.92. The third-order valence-corrected chi connectivity index (χ3v) is 4.27. The Bertz CT molecular complexity index is 580. The summed E-state index contributed by atoms with van der Waals surface area (Å²) in [5.74, 6) is 0.980. The highest BCUT2D eigenvalue weighted by Crippen LogP contribution is 2.11. The van der Waals surface area contributed by atoms with Gasteiger partial charge in [0.2, 0.25) is 5.91 Å². The number of aliphatic imine (C=N–C) groups is 1. The highest BCUT2D eigenvalue weighted by Gasteiger charge is 2.25. The number of ether oxygens (including phenoxy) is 1. The first kappa shape index (κ1) is 21.7. The Hall–Kier alpha value is -1.35. The molecule has 0 aromatic heterocycles. The normalized spacial score (nSPS) is 17.2. The van der Waals surface area contributed by atoms with Crippen molar-refractivity contribution in [3.63, 3.8) is 0 Å². The third kappa shape index (κ3) is 6.47. The first-order chi connectivity index (χ1) is 11.7. The number of carbonyl (C=O) groups is 1. The van der Waals surface area contributed by atoms with Crippen molar-refractivity contribution in [2.45, 2.75) is 39.0 Å². The van der Waals surface area contributed by atoms with Crippen LogP contribution in [0.5, 0.6) is 0 Å². The van der Waals surface area contributed by atoms with Crippen molar-refractivity contribution in [2.24, 2.45) is 4.99 Å². The number of halogens is 1. The highest BCUT2D eigenvalue weighted by atomic mass is 127. The topological polar surface area (TPSA) is 66.0 Å². The molecule has 6 nitrogen and oxygen atoms in total. The molecule has 1 unspecified atom stereocenters. The van der Waals surface area contributed by atoms with E-state index < -0.39 is 0 Å². The second-order valence-corrected chi connectivity index (χ2v) is 5.95. The zero-order chi connectivity index (χ0) is 17.4. The molecule has 2 N–H and O–H groups in total. The molecule has 1 atom stereocenters. The van der Waals surface area contributed by atoms with Gasteiger partial charge in [0.1, 0.15) is 0 Å². The highest BCUT2D eigenvalue weighted by molar-refractivity contribution is 14.0. The average Bonchev–Trinajstić information content (AvgIpc) is 3.07. The van der Waals surface area contributed by atoms with E-state index in [1.165, 1.54) is 11.1 Å². The second kappa shape index (κ2) is 11.3. The zero-order valence-corrected chi connectivity index (χ0v) is 17.6. The van der Waals surface area contributed by atoms with Gasteiger partial charge in [0.15, 0.2) is 5.96 Å². The summed E-state index contributed by atoms with van der Waals surface area (Å²) >= 11 is 0. The molecular weight excluding hydrogens is 431 g/mol. The van der Waals surface area contributed by atoms with E-state index in [1.54, 1.807) is 14.2 Å². The lowest BCUT2D eigenvalue weighted by atomic mass is 10.1. The van der Waals surface area contributed by atoms with Crippen LogP contribution in [0.4, 0.5) is 0 Å². The van der Waals surface area contributed by atoms with Crippen LogP contribution >= 0.6 is 24.0 Å². The van der Waals surface area contributed by atoms with Gasteiger partial charge >= 0.3 is 0 Å². The smallest absolute Gasteiger partial charge is 0.222 e. The SMILES string of the molecule is CCC(=O)N1CCC(NC(=NC)NCc2ccccc2COC)C1.I. The van der Waals surface area contributed by atoms with Gasteiger partial charge in [-0.3, -0.25) is 9.79 Å². The molecule has 0 radical (unpaired) electrons. The monoisotopic (exact) mass is 460 g/mol. The third-order valence-electron chi connectivity index (χ3n) is 4.27. The summed E-state index contributed by atoms with van der Waals surface area (Å²) in [6.07, 6.45) is 1.52. The number of hydrogen-bond acceptors (Lipinski definition) is 3. The van der Waals surface area contributed by atoms with Gasteiger partial charge in [-0.05, 0) is 17.5 Å². The Morgan fingerprint density at radius 2 is 2.08 bits per heavy atom. The predicted octanol–water partition coefficient (Wildman–Crippen LogP) is 2.13. The number of nitrogens with one attached hydrogen (secondary N) is 2. The van der Waals surface area contributed by atoms with Crippen molar-refractivity contribution >= 4 is 35.8 Å². The van der Waals surface area contributed by atoms with Crippen LogP contribution in [0.25, 0.3) is 0 Å². The predicted molar refractivity (Wildman–Crippen MR) is 111 cm³/mol. The van der Waals surface area contributed by atoms with Crippen LogP contribution in [0.2, 0.25) is 0 Å². The molecular formula is C18H29IN4O2. The standard InChI is InChI=1S/C18H28N4O2.HI/c1-4-17(23)22-10-9-16(12-22)21-18(19-2)20-11-14-7-5-6-8-15(14)13-24-3;/h5-8,16H,4,9-13H2,1-3H3,(H2,19,20,21);1H. The van der Waals surface area contributed by atoms with Gasteiger partial charge in [-0.25, -0.2) is 0 Å². The van der Waals surface area contributed by atoms with E-state index >= 15 is 0 Å². The zero-order valence-electron chi connectivity index (χ0n) is 15.2. The molecule has 1 aliphatic rings. The molecule has 25 heavy (non-hydrogen) atoms. The lowest BCUT2D eigenvalue weighted by molar-refractivity contribution is -0.129. The van der Waals surface area contributed by atoms with Crippen molar-refractivity contribution in [1.29, 1.82) is 0 Å². The van der Waals surface area contributed by atoms with E-state index in [2.05, 4.69) is 27.8 Å². The van der Waals surface area contributed by atoms with Crippen LogP contribution in [0, 0.1) is 0 Å². The molecule has 1 fully saturated rings. The molecule has 1 aromatic rings. The first-order valence-corrected chi connectivity index (χ1v) is 8.48. The van der Waals surface area contributed by atoms with E-state index in [4.69, 9.17) is 4.74 Å². The minimum atomic E-state index is 0. The minimum Gasteiger partial charge on any atom is -0.380 e. The van der Waals surface area contributed by atoms with Gasteiger partial charge in [0, 0.05) is 46.3 Å². The summed E-state index contributed by atoms with van der Waals surface area (Å²) in [7, 11) is 3.47. The van der Waals surface area contributed by atoms with Gasteiger partial charge in [0.05, 0.1) is 6.61 Å². The molecule has 2 rings (SSSR count). The summed E-state index contributed by atoms with van der Waals surface area (Å²) in [5, 5.41) is 6.76. The lowest BCUT2D eigenvalue weighted by Crippen LogP contribution is -2.44. The van der Waals surface area contributed by atoms with Gasteiger partial charge in [-0.1, -0.05) is 31.2 Å². The number of nitrogens with zero attached hydrogens (tertiary/aromatic N) is 2. The van der Waals surface area contributed by atoms with Gasteiger partial charge in [-0.2, -0.15) is 0 Å². The van der Waals surface area contributed by atoms with Crippen LogP contribution in [0.1, 0.15) is 30.9 Å². The molecule has 1 aliphatic heterocycles. The molecule has 1 aromatic carbocycles. The number of carbonyl (C=O) groups excluding carboxylic acids is 1. The molecule has 140 valence electrons. The van der Waals surface area contributed by atoms with Crippen LogP contribution in [-0.4, -0.2) is 50.1 Å². The van der Waals surface area contributed by atoms with E-state index in [1.807, 2.05) is 24.0 Å². The van der Waals surface area contributed by atoms with E-state index in [-0.39, 0.29) is 35.9 Å².